The van der Waals surface area contributed by atoms with Crippen LogP contribution in [-0.4, -0.2) is 19.7 Å². The number of halogens is 4. The summed E-state index contributed by atoms with van der Waals surface area (Å²) in [5.74, 6) is -9.97. The Morgan fingerprint density at radius 1 is 1.06 bits per heavy atom. The first kappa shape index (κ1) is 13.3. The second-order valence-electron chi connectivity index (χ2n) is 2.88. The van der Waals surface area contributed by atoms with Gasteiger partial charge in [0.15, 0.2) is 17.4 Å². The summed E-state index contributed by atoms with van der Waals surface area (Å²) in [5.41, 5.74) is -1.41. The average molecular weight is 252 g/mol. The Morgan fingerprint density at radius 2 is 1.53 bits per heavy atom. The van der Waals surface area contributed by atoms with E-state index in [9.17, 15) is 22.4 Å². The Kier molecular flexibility index (Phi) is 3.93. The summed E-state index contributed by atoms with van der Waals surface area (Å²) in [6, 6.07) is 0. The minimum absolute atomic E-state index is 0.188. The fraction of sp³-hybridized carbons (Fsp3) is 0.300. The third-order valence-corrected chi connectivity index (χ3v) is 1.91. The lowest BCUT2D eigenvalue weighted by atomic mass is 10.1. The van der Waals surface area contributed by atoms with Crippen LogP contribution in [0.3, 0.4) is 0 Å². The number of benzene rings is 1. The topological polar surface area (TPSA) is 35.5 Å². The van der Waals surface area contributed by atoms with Crippen LogP contribution in [0.15, 0.2) is 0 Å². The van der Waals surface area contributed by atoms with E-state index >= 15 is 0 Å². The Hall–Kier alpha value is -1.79. The SMILES string of the molecule is CCOC(=O)c1c(F)c(F)c(OC)c(F)c1F. The molecule has 1 rings (SSSR count). The van der Waals surface area contributed by atoms with E-state index in [1.807, 2.05) is 0 Å². The molecule has 0 N–H and O–H groups in total. The number of rotatable bonds is 3. The molecule has 0 atom stereocenters. The normalized spacial score (nSPS) is 10.2. The van der Waals surface area contributed by atoms with Crippen LogP contribution in [0.2, 0.25) is 0 Å². The van der Waals surface area contributed by atoms with Gasteiger partial charge in [-0.2, -0.15) is 8.78 Å². The monoisotopic (exact) mass is 252 g/mol. The quantitative estimate of drug-likeness (QED) is 0.471. The number of carbonyl (C=O) groups excluding carboxylic acids is 1. The van der Waals surface area contributed by atoms with Crippen molar-refractivity contribution in [3.63, 3.8) is 0 Å². The number of methoxy groups -OCH3 is 1. The highest BCUT2D eigenvalue weighted by molar-refractivity contribution is 5.90. The van der Waals surface area contributed by atoms with Crippen molar-refractivity contribution in [3.05, 3.63) is 28.8 Å². The predicted octanol–water partition coefficient (Wildman–Crippen LogP) is 2.43. The Labute approximate surface area is 93.9 Å². The van der Waals surface area contributed by atoms with Gasteiger partial charge in [0, 0.05) is 0 Å². The molecule has 3 nitrogen and oxygen atoms in total. The van der Waals surface area contributed by atoms with Crippen LogP contribution in [0.25, 0.3) is 0 Å². The first-order chi connectivity index (χ1) is 7.95. The zero-order valence-corrected chi connectivity index (χ0v) is 8.94. The maximum Gasteiger partial charge on any atom is 0.344 e. The molecule has 7 heteroatoms. The van der Waals surface area contributed by atoms with Gasteiger partial charge < -0.3 is 9.47 Å². The molecule has 0 spiro atoms. The lowest BCUT2D eigenvalue weighted by Crippen LogP contribution is -2.14. The molecule has 0 fully saturated rings. The molecule has 17 heavy (non-hydrogen) atoms. The molecule has 0 amide bonds. The standard InChI is InChI=1S/C10H8F4O3/c1-3-17-10(15)4-5(11)7(13)9(16-2)8(14)6(4)12/h3H2,1-2H3. The van der Waals surface area contributed by atoms with Crippen LogP contribution in [0.1, 0.15) is 17.3 Å². The maximum atomic E-state index is 13.3. The summed E-state index contributed by atoms with van der Waals surface area (Å²) in [4.78, 5) is 11.1. The molecule has 0 heterocycles. The van der Waals surface area contributed by atoms with E-state index in [2.05, 4.69) is 9.47 Å². The first-order valence-electron chi connectivity index (χ1n) is 4.52. The minimum atomic E-state index is -1.85. The van der Waals surface area contributed by atoms with E-state index < -0.39 is 40.6 Å². The number of carbonyl (C=O) groups is 1. The van der Waals surface area contributed by atoms with Crippen LogP contribution in [0, 0.1) is 23.3 Å². The smallest absolute Gasteiger partial charge is 0.344 e. The molecule has 0 saturated heterocycles. The van der Waals surface area contributed by atoms with E-state index in [1.165, 1.54) is 6.92 Å². The number of hydrogen-bond donors (Lipinski definition) is 0. The van der Waals surface area contributed by atoms with Crippen molar-refractivity contribution in [1.29, 1.82) is 0 Å². The summed E-state index contributed by atoms with van der Waals surface area (Å²) in [7, 11) is 0.838. The van der Waals surface area contributed by atoms with E-state index in [-0.39, 0.29) is 6.61 Å². The molecule has 0 aliphatic rings. The minimum Gasteiger partial charge on any atom is -0.491 e. The second kappa shape index (κ2) is 5.03. The lowest BCUT2D eigenvalue weighted by Gasteiger charge is -2.09. The van der Waals surface area contributed by atoms with Crippen molar-refractivity contribution in [2.75, 3.05) is 13.7 Å². The molecule has 0 radical (unpaired) electrons. The number of hydrogen-bond acceptors (Lipinski definition) is 3. The molecule has 0 bridgehead atoms. The van der Waals surface area contributed by atoms with Crippen LogP contribution in [-0.2, 0) is 4.74 Å². The molecule has 0 aliphatic heterocycles. The summed E-state index contributed by atoms with van der Waals surface area (Å²) in [5, 5.41) is 0. The highest BCUT2D eigenvalue weighted by Crippen LogP contribution is 2.30. The molecule has 94 valence electrons. The van der Waals surface area contributed by atoms with Gasteiger partial charge >= 0.3 is 5.97 Å². The van der Waals surface area contributed by atoms with Crippen LogP contribution < -0.4 is 4.74 Å². The molecular formula is C10H8F4O3. The van der Waals surface area contributed by atoms with Crippen LogP contribution >= 0.6 is 0 Å². The van der Waals surface area contributed by atoms with Gasteiger partial charge in [0.05, 0.1) is 13.7 Å². The number of ether oxygens (including phenoxy) is 2. The maximum absolute atomic E-state index is 13.3. The van der Waals surface area contributed by atoms with Crippen molar-refractivity contribution in [1.82, 2.24) is 0 Å². The van der Waals surface area contributed by atoms with Gasteiger partial charge in [0.25, 0.3) is 0 Å². The van der Waals surface area contributed by atoms with Crippen molar-refractivity contribution >= 4 is 5.97 Å². The van der Waals surface area contributed by atoms with Crippen molar-refractivity contribution < 1.29 is 31.8 Å². The third-order valence-electron chi connectivity index (χ3n) is 1.91. The fourth-order valence-corrected chi connectivity index (χ4v) is 1.17. The fourth-order valence-electron chi connectivity index (χ4n) is 1.17. The largest absolute Gasteiger partial charge is 0.491 e. The zero-order valence-electron chi connectivity index (χ0n) is 8.94. The molecule has 0 saturated carbocycles. The van der Waals surface area contributed by atoms with E-state index in [1.54, 1.807) is 0 Å². The Balaban J connectivity index is 3.48. The van der Waals surface area contributed by atoms with Gasteiger partial charge in [0.1, 0.15) is 5.56 Å². The van der Waals surface area contributed by atoms with Crippen molar-refractivity contribution in [3.8, 4) is 5.75 Å². The van der Waals surface area contributed by atoms with Gasteiger partial charge in [-0.25, -0.2) is 13.6 Å². The van der Waals surface area contributed by atoms with Gasteiger partial charge in [-0.15, -0.1) is 0 Å². The summed E-state index contributed by atoms with van der Waals surface area (Å²) in [6.45, 7) is 1.19. The highest BCUT2D eigenvalue weighted by Gasteiger charge is 2.30. The van der Waals surface area contributed by atoms with Gasteiger partial charge in [-0.3, -0.25) is 0 Å². The second-order valence-corrected chi connectivity index (χ2v) is 2.88. The van der Waals surface area contributed by atoms with Gasteiger partial charge in [-0.1, -0.05) is 0 Å². The van der Waals surface area contributed by atoms with E-state index in [4.69, 9.17) is 0 Å². The average Bonchev–Trinajstić information content (AvgIpc) is 2.28. The predicted molar refractivity (Wildman–Crippen MR) is 48.8 cm³/mol. The first-order valence-corrected chi connectivity index (χ1v) is 4.52. The van der Waals surface area contributed by atoms with Gasteiger partial charge in [0.2, 0.25) is 11.6 Å². The van der Waals surface area contributed by atoms with Gasteiger partial charge in [-0.05, 0) is 6.92 Å². The summed E-state index contributed by atoms with van der Waals surface area (Å²) in [6.07, 6.45) is 0. The zero-order chi connectivity index (χ0) is 13.2. The Bertz CT molecular complexity index is 430. The molecule has 0 aromatic heterocycles. The van der Waals surface area contributed by atoms with Crippen molar-refractivity contribution in [2.45, 2.75) is 6.92 Å². The highest BCUT2D eigenvalue weighted by atomic mass is 19.2. The van der Waals surface area contributed by atoms with Crippen LogP contribution in [0.5, 0.6) is 5.75 Å². The number of esters is 1. The van der Waals surface area contributed by atoms with Crippen molar-refractivity contribution in [2.24, 2.45) is 0 Å². The Morgan fingerprint density at radius 3 is 1.88 bits per heavy atom. The summed E-state index contributed by atoms with van der Waals surface area (Å²) >= 11 is 0. The van der Waals surface area contributed by atoms with E-state index in [0.29, 0.717) is 0 Å². The third kappa shape index (κ3) is 2.17. The molecular weight excluding hydrogens is 244 g/mol. The lowest BCUT2D eigenvalue weighted by molar-refractivity contribution is 0.0512. The van der Waals surface area contributed by atoms with Crippen LogP contribution in [0.4, 0.5) is 17.6 Å². The van der Waals surface area contributed by atoms with E-state index in [0.717, 1.165) is 7.11 Å². The molecule has 1 aromatic carbocycles. The molecule has 0 unspecified atom stereocenters. The molecule has 0 aliphatic carbocycles. The summed E-state index contributed by atoms with van der Waals surface area (Å²) < 4.78 is 61.4. The molecule has 1 aromatic rings.